The summed E-state index contributed by atoms with van der Waals surface area (Å²) in [6.07, 6.45) is 27.0. The van der Waals surface area contributed by atoms with Crippen molar-refractivity contribution in [1.82, 2.24) is 10.2 Å². The Balaban J connectivity index is 1.21. The first-order valence-electron chi connectivity index (χ1n) is 15.0. The van der Waals surface area contributed by atoms with Crippen molar-refractivity contribution < 1.29 is 4.79 Å². The fourth-order valence-electron chi connectivity index (χ4n) is 7.82. The zero-order valence-corrected chi connectivity index (χ0v) is 22.5. The molecule has 3 nitrogen and oxygen atoms in total. The van der Waals surface area contributed by atoms with E-state index in [0.717, 1.165) is 30.7 Å². The van der Waals surface area contributed by atoms with Crippen molar-refractivity contribution in [3.63, 3.8) is 0 Å². The summed E-state index contributed by atoms with van der Waals surface area (Å²) >= 11 is 0. The van der Waals surface area contributed by atoms with Gasteiger partial charge in [-0.2, -0.15) is 0 Å². The Kier molecular flexibility index (Phi) is 11.5. The Labute approximate surface area is 206 Å². The number of nitrogens with one attached hydrogen (secondary N) is 1. The van der Waals surface area contributed by atoms with Crippen LogP contribution in [-0.4, -0.2) is 37.5 Å². The molecule has 192 valence electrons. The number of hydrogen-bond donors (Lipinski definition) is 1. The van der Waals surface area contributed by atoms with E-state index in [-0.39, 0.29) is 5.41 Å². The molecule has 1 amide bonds. The molecule has 4 bridgehead atoms. The van der Waals surface area contributed by atoms with Gasteiger partial charge in [-0.3, -0.25) is 4.79 Å². The van der Waals surface area contributed by atoms with Gasteiger partial charge in [0.1, 0.15) is 0 Å². The summed E-state index contributed by atoms with van der Waals surface area (Å²) in [6.45, 7) is 3.17. The fourth-order valence-corrected chi connectivity index (χ4v) is 7.82. The topological polar surface area (TPSA) is 32.3 Å². The minimum atomic E-state index is 0.0191. The molecule has 0 saturated heterocycles. The van der Waals surface area contributed by atoms with Crippen LogP contribution in [0.25, 0.3) is 0 Å². The van der Waals surface area contributed by atoms with Crippen LogP contribution >= 0.6 is 0 Å². The lowest BCUT2D eigenvalue weighted by Crippen LogP contribution is -2.53. The predicted octanol–water partition coefficient (Wildman–Crippen LogP) is 7.73. The molecule has 4 saturated carbocycles. The zero-order valence-electron chi connectivity index (χ0n) is 22.5. The number of unbranched alkanes of at least 4 members (excludes halogenated alkanes) is 10. The Morgan fingerprint density at radius 1 is 0.758 bits per heavy atom. The summed E-state index contributed by atoms with van der Waals surface area (Å²) in [6, 6.07) is 0.667. The van der Waals surface area contributed by atoms with E-state index in [2.05, 4.69) is 31.2 Å². The maximum absolute atomic E-state index is 13.1. The van der Waals surface area contributed by atoms with Crippen molar-refractivity contribution in [2.75, 3.05) is 20.6 Å². The van der Waals surface area contributed by atoms with Crippen molar-refractivity contribution in [1.29, 1.82) is 0 Å². The van der Waals surface area contributed by atoms with Gasteiger partial charge in [0.2, 0.25) is 5.91 Å². The monoisotopic (exact) mass is 460 g/mol. The Morgan fingerprint density at radius 3 is 1.70 bits per heavy atom. The molecule has 0 heterocycles. The van der Waals surface area contributed by atoms with E-state index in [4.69, 9.17) is 0 Å². The third-order valence-corrected chi connectivity index (χ3v) is 9.39. The van der Waals surface area contributed by atoms with Crippen molar-refractivity contribution in [2.24, 2.45) is 23.2 Å². The lowest BCUT2D eigenvalue weighted by molar-refractivity contribution is -0.146. The van der Waals surface area contributed by atoms with Gasteiger partial charge in [-0.05, 0) is 89.6 Å². The third-order valence-electron chi connectivity index (χ3n) is 9.39. The first kappa shape index (κ1) is 27.0. The molecule has 3 heteroatoms. The van der Waals surface area contributed by atoms with E-state index in [1.807, 2.05) is 0 Å². The molecular formula is C30H56N2O. The molecule has 4 fully saturated rings. The highest BCUT2D eigenvalue weighted by atomic mass is 16.2. The number of rotatable bonds is 18. The van der Waals surface area contributed by atoms with Crippen LogP contribution in [-0.2, 0) is 4.79 Å². The lowest BCUT2D eigenvalue weighted by Gasteiger charge is -2.55. The van der Waals surface area contributed by atoms with E-state index in [1.54, 1.807) is 0 Å². The van der Waals surface area contributed by atoms with E-state index >= 15 is 0 Å². The summed E-state index contributed by atoms with van der Waals surface area (Å²) in [4.78, 5) is 15.6. The van der Waals surface area contributed by atoms with Gasteiger partial charge in [0.15, 0.2) is 0 Å². The van der Waals surface area contributed by atoms with Crippen molar-refractivity contribution in [2.45, 2.75) is 141 Å². The van der Waals surface area contributed by atoms with Gasteiger partial charge in [-0.15, -0.1) is 0 Å². The minimum absolute atomic E-state index is 0.0191. The highest BCUT2D eigenvalue weighted by molar-refractivity contribution is 5.83. The molecular weight excluding hydrogens is 404 g/mol. The molecule has 0 aliphatic heterocycles. The standard InChI is InChI=1S/C30H56N2O/c1-4-5-6-7-8-9-10-11-12-13-14-16-28(32(2)3)17-15-18-31-29(33)30-22-25-19-26(23-30)21-27(20-25)24-30/h25-28H,4-24H2,1-3H3,(H,31,33). The first-order chi connectivity index (χ1) is 16.0. The molecule has 33 heavy (non-hydrogen) atoms. The van der Waals surface area contributed by atoms with Crippen LogP contribution in [0.3, 0.4) is 0 Å². The second-order valence-corrected chi connectivity index (χ2v) is 12.5. The van der Waals surface area contributed by atoms with Gasteiger partial charge in [0.05, 0.1) is 0 Å². The van der Waals surface area contributed by atoms with Gasteiger partial charge in [-0.1, -0.05) is 77.6 Å². The summed E-state index contributed by atoms with van der Waals surface area (Å²) in [5, 5.41) is 3.39. The number of nitrogens with zero attached hydrogens (tertiary/aromatic N) is 1. The molecule has 0 aromatic rings. The smallest absolute Gasteiger partial charge is 0.226 e. The SMILES string of the molecule is CCCCCCCCCCCCCC(CCCNC(=O)C12CC3CC(CC(C3)C1)C2)N(C)C. The molecule has 0 radical (unpaired) electrons. The third kappa shape index (κ3) is 8.55. The average Bonchev–Trinajstić information content (AvgIpc) is 2.77. The second kappa shape index (κ2) is 14.1. The van der Waals surface area contributed by atoms with Crippen LogP contribution in [0.4, 0.5) is 0 Å². The van der Waals surface area contributed by atoms with E-state index in [0.29, 0.717) is 11.9 Å². The summed E-state index contributed by atoms with van der Waals surface area (Å²) in [5.41, 5.74) is 0.0191. The largest absolute Gasteiger partial charge is 0.356 e. The molecule has 4 rings (SSSR count). The number of carbonyl (C=O) groups is 1. The maximum Gasteiger partial charge on any atom is 0.226 e. The van der Waals surface area contributed by atoms with Crippen LogP contribution in [0.5, 0.6) is 0 Å². The summed E-state index contributed by atoms with van der Waals surface area (Å²) < 4.78 is 0. The predicted molar refractivity (Wildman–Crippen MR) is 141 cm³/mol. The molecule has 1 unspecified atom stereocenters. The number of amides is 1. The Bertz CT molecular complexity index is 522. The van der Waals surface area contributed by atoms with Gasteiger partial charge in [0, 0.05) is 18.0 Å². The Morgan fingerprint density at radius 2 is 1.21 bits per heavy atom. The van der Waals surface area contributed by atoms with Crippen LogP contribution in [0.15, 0.2) is 0 Å². The molecule has 1 N–H and O–H groups in total. The van der Waals surface area contributed by atoms with Gasteiger partial charge in [0.25, 0.3) is 0 Å². The highest BCUT2D eigenvalue weighted by Gasteiger charge is 2.54. The fraction of sp³-hybridized carbons (Fsp3) is 0.967. The van der Waals surface area contributed by atoms with Crippen molar-refractivity contribution in [3.05, 3.63) is 0 Å². The van der Waals surface area contributed by atoms with Crippen molar-refractivity contribution >= 4 is 5.91 Å². The van der Waals surface area contributed by atoms with Crippen LogP contribution in [0.2, 0.25) is 0 Å². The normalized spacial score (nSPS) is 29.0. The number of carbonyl (C=O) groups excluding carboxylic acids is 1. The summed E-state index contributed by atoms with van der Waals surface area (Å²) in [5.74, 6) is 2.97. The highest BCUT2D eigenvalue weighted by Crippen LogP contribution is 2.60. The first-order valence-corrected chi connectivity index (χ1v) is 15.0. The molecule has 0 spiro atoms. The van der Waals surface area contributed by atoms with Crippen LogP contribution in [0, 0.1) is 23.2 Å². The lowest BCUT2D eigenvalue weighted by atomic mass is 9.49. The van der Waals surface area contributed by atoms with Gasteiger partial charge >= 0.3 is 0 Å². The molecule has 0 aromatic carbocycles. The average molecular weight is 461 g/mol. The molecule has 1 atom stereocenters. The molecule has 4 aliphatic carbocycles. The van der Waals surface area contributed by atoms with Crippen LogP contribution < -0.4 is 5.32 Å². The van der Waals surface area contributed by atoms with Crippen LogP contribution in [0.1, 0.15) is 135 Å². The van der Waals surface area contributed by atoms with E-state index in [9.17, 15) is 4.79 Å². The maximum atomic E-state index is 13.1. The van der Waals surface area contributed by atoms with Gasteiger partial charge < -0.3 is 10.2 Å². The quantitative estimate of drug-likeness (QED) is 0.212. The zero-order chi connectivity index (χ0) is 23.5. The van der Waals surface area contributed by atoms with Crippen molar-refractivity contribution in [3.8, 4) is 0 Å². The van der Waals surface area contributed by atoms with E-state index < -0.39 is 0 Å². The Hall–Kier alpha value is -0.570. The minimum Gasteiger partial charge on any atom is -0.356 e. The van der Waals surface area contributed by atoms with Gasteiger partial charge in [-0.25, -0.2) is 0 Å². The number of hydrogen-bond acceptors (Lipinski definition) is 2. The summed E-state index contributed by atoms with van der Waals surface area (Å²) in [7, 11) is 4.47. The molecule has 4 aliphatic rings. The molecule has 0 aromatic heterocycles. The van der Waals surface area contributed by atoms with E-state index in [1.165, 1.54) is 122 Å². The second-order valence-electron chi connectivity index (χ2n) is 12.5.